The highest BCUT2D eigenvalue weighted by molar-refractivity contribution is 5.80. The van der Waals surface area contributed by atoms with Gasteiger partial charge in [0.05, 0.1) is 4.92 Å². The van der Waals surface area contributed by atoms with Gasteiger partial charge in [0.15, 0.2) is 17.0 Å². The van der Waals surface area contributed by atoms with Crippen molar-refractivity contribution < 1.29 is 9.96 Å². The molecule has 0 atom stereocenters. The fraction of sp³-hybridized carbons (Fsp3) is 0. The molecule has 0 N–H and O–H groups in total. The van der Waals surface area contributed by atoms with Crippen LogP contribution >= 0.6 is 0 Å². The maximum Gasteiger partial charge on any atom is 0.304 e. The average Bonchev–Trinajstić information content (AvgIpc) is 2.60. The summed E-state index contributed by atoms with van der Waals surface area (Å²) in [6.45, 7) is 0. The Balaban J connectivity index is 2.86. The monoisotopic (exact) mass is 209 g/mol. The standard InChI is InChI=1S/C6H3N5O4/c12-10(13)4-1-2-7-6-5(4)9(3-8-6)11(14)15/h1-3H. The Morgan fingerprint density at radius 3 is 2.60 bits per heavy atom. The van der Waals surface area contributed by atoms with Crippen LogP contribution in [0.1, 0.15) is 0 Å². The highest BCUT2D eigenvalue weighted by Crippen LogP contribution is 2.22. The van der Waals surface area contributed by atoms with Crippen molar-refractivity contribution >= 4 is 16.9 Å². The Labute approximate surface area is 81.2 Å². The summed E-state index contributed by atoms with van der Waals surface area (Å²) in [7, 11) is 0. The van der Waals surface area contributed by atoms with Crippen LogP contribution in [0.15, 0.2) is 18.6 Å². The lowest BCUT2D eigenvalue weighted by Gasteiger charge is -1.93. The summed E-state index contributed by atoms with van der Waals surface area (Å²) in [6, 6.07) is 1.09. The summed E-state index contributed by atoms with van der Waals surface area (Å²) >= 11 is 0. The molecule has 0 saturated carbocycles. The Morgan fingerprint density at radius 1 is 1.27 bits per heavy atom. The third-order valence-electron chi connectivity index (χ3n) is 1.77. The molecule has 0 aromatic carbocycles. The first-order chi connectivity index (χ1) is 7.11. The van der Waals surface area contributed by atoms with Crippen molar-refractivity contribution in [1.82, 2.24) is 14.6 Å². The van der Waals surface area contributed by atoms with Crippen molar-refractivity contribution in [3.63, 3.8) is 0 Å². The molecule has 2 heterocycles. The Kier molecular flexibility index (Phi) is 1.78. The van der Waals surface area contributed by atoms with E-state index in [1.54, 1.807) is 0 Å². The van der Waals surface area contributed by atoms with Crippen molar-refractivity contribution in [2.45, 2.75) is 0 Å². The minimum Gasteiger partial charge on any atom is -0.258 e. The summed E-state index contributed by atoms with van der Waals surface area (Å²) in [6.07, 6.45) is 2.06. The van der Waals surface area contributed by atoms with E-state index in [-0.39, 0.29) is 11.2 Å². The Bertz CT molecular complexity index is 562. The predicted molar refractivity (Wildman–Crippen MR) is 46.6 cm³/mol. The van der Waals surface area contributed by atoms with Crippen molar-refractivity contribution in [2.24, 2.45) is 0 Å². The maximum atomic E-state index is 10.6. The molecular formula is C6H3N5O4. The van der Waals surface area contributed by atoms with Crippen LogP contribution < -0.4 is 0 Å². The van der Waals surface area contributed by atoms with Gasteiger partial charge in [-0.15, -0.1) is 0 Å². The molecule has 2 aromatic rings. The van der Waals surface area contributed by atoms with Gasteiger partial charge in [-0.1, -0.05) is 0 Å². The van der Waals surface area contributed by atoms with Crippen molar-refractivity contribution in [3.05, 3.63) is 38.8 Å². The molecule has 0 aliphatic carbocycles. The number of nitro groups is 2. The highest BCUT2D eigenvalue weighted by Gasteiger charge is 2.22. The van der Waals surface area contributed by atoms with E-state index in [1.807, 2.05) is 0 Å². The minimum atomic E-state index is -0.802. The van der Waals surface area contributed by atoms with Gasteiger partial charge in [-0.25, -0.2) is 20.1 Å². The molecule has 9 nitrogen and oxygen atoms in total. The zero-order valence-electron chi connectivity index (χ0n) is 7.10. The van der Waals surface area contributed by atoms with Gasteiger partial charge in [0.25, 0.3) is 0 Å². The smallest absolute Gasteiger partial charge is 0.258 e. The van der Waals surface area contributed by atoms with E-state index in [9.17, 15) is 20.2 Å². The first kappa shape index (κ1) is 8.99. The molecule has 0 fully saturated rings. The highest BCUT2D eigenvalue weighted by atomic mass is 16.7. The SMILES string of the molecule is O=[N+]([O-])c1ccnc2ncn([N+](=O)[O-])c12. The van der Waals surface area contributed by atoms with E-state index >= 15 is 0 Å². The van der Waals surface area contributed by atoms with Gasteiger partial charge in [0.1, 0.15) is 0 Å². The molecule has 0 saturated heterocycles. The van der Waals surface area contributed by atoms with Crippen molar-refractivity contribution in [3.8, 4) is 0 Å². The van der Waals surface area contributed by atoms with Crippen LogP contribution in [0.3, 0.4) is 0 Å². The van der Waals surface area contributed by atoms with E-state index < -0.39 is 15.6 Å². The number of hydrogen-bond donors (Lipinski definition) is 0. The quantitative estimate of drug-likeness (QED) is 0.521. The van der Waals surface area contributed by atoms with E-state index in [0.717, 1.165) is 12.4 Å². The number of rotatable bonds is 2. The lowest BCUT2D eigenvalue weighted by Crippen LogP contribution is -2.07. The summed E-state index contributed by atoms with van der Waals surface area (Å²) in [5.74, 6) is 0. The lowest BCUT2D eigenvalue weighted by molar-refractivity contribution is -0.538. The molecule has 0 aliphatic heterocycles. The summed E-state index contributed by atoms with van der Waals surface area (Å²) in [4.78, 5) is 27.7. The lowest BCUT2D eigenvalue weighted by atomic mass is 10.4. The molecule has 0 spiro atoms. The van der Waals surface area contributed by atoms with Crippen LogP contribution in [0.25, 0.3) is 11.2 Å². The minimum absolute atomic E-state index is 0.0269. The molecule has 15 heavy (non-hydrogen) atoms. The summed E-state index contributed by atoms with van der Waals surface area (Å²) < 4.78 is 0.473. The molecule has 76 valence electrons. The van der Waals surface area contributed by atoms with Crippen LogP contribution in [0.4, 0.5) is 5.69 Å². The molecular weight excluding hydrogens is 206 g/mol. The van der Waals surface area contributed by atoms with Crippen LogP contribution in [-0.4, -0.2) is 24.6 Å². The first-order valence-electron chi connectivity index (χ1n) is 3.72. The average molecular weight is 209 g/mol. The largest absolute Gasteiger partial charge is 0.304 e. The van der Waals surface area contributed by atoms with Gasteiger partial charge < -0.3 is 0 Å². The fourth-order valence-corrected chi connectivity index (χ4v) is 1.19. The topological polar surface area (TPSA) is 117 Å². The molecule has 0 unspecified atom stereocenters. The van der Waals surface area contributed by atoms with Gasteiger partial charge in [-0.2, -0.15) is 0 Å². The number of nitrogens with zero attached hydrogens (tertiary/aromatic N) is 5. The van der Waals surface area contributed by atoms with Crippen LogP contribution in [0.5, 0.6) is 0 Å². The van der Waals surface area contributed by atoms with E-state index in [0.29, 0.717) is 4.68 Å². The second-order valence-electron chi connectivity index (χ2n) is 2.59. The van der Waals surface area contributed by atoms with Crippen molar-refractivity contribution in [1.29, 1.82) is 0 Å². The van der Waals surface area contributed by atoms with E-state index in [1.165, 1.54) is 6.20 Å². The number of hydrogen-bond acceptors (Lipinski definition) is 6. The van der Waals surface area contributed by atoms with Crippen LogP contribution in [-0.2, 0) is 0 Å². The number of aromatic nitrogens is 3. The van der Waals surface area contributed by atoms with Crippen molar-refractivity contribution in [2.75, 3.05) is 0 Å². The van der Waals surface area contributed by atoms with Crippen LogP contribution in [0, 0.1) is 20.2 Å². The van der Waals surface area contributed by atoms with E-state index in [2.05, 4.69) is 9.97 Å². The summed E-state index contributed by atoms with van der Waals surface area (Å²) in [5.41, 5.74) is -0.636. The first-order valence-corrected chi connectivity index (χ1v) is 3.72. The van der Waals surface area contributed by atoms with Gasteiger partial charge in [0, 0.05) is 12.3 Å². The number of imidazole rings is 1. The third-order valence-corrected chi connectivity index (χ3v) is 1.77. The second kappa shape index (κ2) is 2.97. The maximum absolute atomic E-state index is 10.6. The molecule has 0 radical (unpaired) electrons. The molecule has 0 amide bonds. The normalized spacial score (nSPS) is 10.4. The van der Waals surface area contributed by atoms with Gasteiger partial charge in [-0.3, -0.25) is 10.1 Å². The zero-order valence-corrected chi connectivity index (χ0v) is 7.10. The zero-order chi connectivity index (χ0) is 11.0. The Hall–Kier alpha value is -2.58. The van der Waals surface area contributed by atoms with Gasteiger partial charge in [-0.05, 0) is 4.68 Å². The Morgan fingerprint density at radius 2 is 2.00 bits per heavy atom. The summed E-state index contributed by atoms with van der Waals surface area (Å²) in [5, 5.41) is 20.3. The molecule has 2 aromatic heterocycles. The van der Waals surface area contributed by atoms with E-state index in [4.69, 9.17) is 0 Å². The van der Waals surface area contributed by atoms with Gasteiger partial charge in [0.2, 0.25) is 5.52 Å². The van der Waals surface area contributed by atoms with Gasteiger partial charge >= 0.3 is 5.69 Å². The third kappa shape index (κ3) is 1.25. The molecule has 2 rings (SSSR count). The predicted octanol–water partition coefficient (Wildman–Crippen LogP) is 0.379. The van der Waals surface area contributed by atoms with Crippen LogP contribution in [0.2, 0.25) is 0 Å². The fourth-order valence-electron chi connectivity index (χ4n) is 1.19. The molecule has 9 heteroatoms. The molecule has 0 aliphatic rings. The second-order valence-corrected chi connectivity index (χ2v) is 2.59. The number of pyridine rings is 1. The molecule has 0 bridgehead atoms. The number of fused-ring (bicyclic) bond motifs is 1.